The van der Waals surface area contributed by atoms with Crippen molar-refractivity contribution in [2.24, 2.45) is 5.92 Å². The molecule has 1 amide bonds. The third-order valence-electron chi connectivity index (χ3n) is 4.12. The molecule has 128 valence electrons. The SMILES string of the molecule is CCn1ncc(Cl)c1C(=O)NCC1COc2cc(OC)ccc2C1. The number of fused-ring (bicyclic) bond motifs is 1. The van der Waals surface area contributed by atoms with Crippen molar-refractivity contribution >= 4 is 17.5 Å². The number of carbonyl (C=O) groups excluding carboxylic acids is 1. The summed E-state index contributed by atoms with van der Waals surface area (Å²) in [4.78, 5) is 12.4. The maximum absolute atomic E-state index is 12.4. The van der Waals surface area contributed by atoms with Crippen LogP contribution in [0, 0.1) is 5.92 Å². The minimum absolute atomic E-state index is 0.208. The molecule has 1 aliphatic heterocycles. The number of hydrogen-bond donors (Lipinski definition) is 1. The number of ether oxygens (including phenoxy) is 2. The summed E-state index contributed by atoms with van der Waals surface area (Å²) in [7, 11) is 1.63. The Morgan fingerprint density at radius 2 is 2.38 bits per heavy atom. The van der Waals surface area contributed by atoms with Gasteiger partial charge in [-0.05, 0) is 25.0 Å². The van der Waals surface area contributed by atoms with E-state index in [-0.39, 0.29) is 11.8 Å². The van der Waals surface area contributed by atoms with Gasteiger partial charge in [-0.3, -0.25) is 9.48 Å². The van der Waals surface area contributed by atoms with Crippen molar-refractivity contribution in [2.75, 3.05) is 20.3 Å². The van der Waals surface area contributed by atoms with Crippen LogP contribution in [0.25, 0.3) is 0 Å². The highest BCUT2D eigenvalue weighted by atomic mass is 35.5. The van der Waals surface area contributed by atoms with E-state index in [1.54, 1.807) is 11.8 Å². The predicted molar refractivity (Wildman–Crippen MR) is 90.9 cm³/mol. The number of nitrogens with one attached hydrogen (secondary N) is 1. The standard InChI is InChI=1S/C17H20ClN3O3/c1-3-21-16(14(18)9-20-21)17(22)19-8-11-6-12-4-5-13(23-2)7-15(12)24-10-11/h4-5,7,9,11H,3,6,8,10H2,1-2H3,(H,19,22). The molecule has 1 atom stereocenters. The minimum atomic E-state index is -0.208. The van der Waals surface area contributed by atoms with E-state index in [9.17, 15) is 4.79 Å². The molecule has 0 saturated carbocycles. The molecule has 1 aliphatic rings. The van der Waals surface area contributed by atoms with Crippen LogP contribution in [0.15, 0.2) is 24.4 Å². The fraction of sp³-hybridized carbons (Fsp3) is 0.412. The number of hydrogen-bond acceptors (Lipinski definition) is 4. The maximum Gasteiger partial charge on any atom is 0.271 e. The van der Waals surface area contributed by atoms with Gasteiger partial charge in [-0.2, -0.15) is 5.10 Å². The largest absolute Gasteiger partial charge is 0.497 e. The first-order valence-electron chi connectivity index (χ1n) is 7.91. The molecule has 0 fully saturated rings. The van der Waals surface area contributed by atoms with Gasteiger partial charge < -0.3 is 14.8 Å². The fourth-order valence-electron chi connectivity index (χ4n) is 2.82. The van der Waals surface area contributed by atoms with Crippen LogP contribution in [-0.2, 0) is 13.0 Å². The Morgan fingerprint density at radius 3 is 3.12 bits per heavy atom. The summed E-state index contributed by atoms with van der Waals surface area (Å²) < 4.78 is 12.6. The lowest BCUT2D eigenvalue weighted by Gasteiger charge is -2.25. The van der Waals surface area contributed by atoms with Gasteiger partial charge in [0.1, 0.15) is 17.2 Å². The van der Waals surface area contributed by atoms with Crippen molar-refractivity contribution in [3.05, 3.63) is 40.7 Å². The van der Waals surface area contributed by atoms with Gasteiger partial charge in [0.25, 0.3) is 5.91 Å². The topological polar surface area (TPSA) is 65.4 Å². The number of carbonyl (C=O) groups is 1. The molecule has 0 radical (unpaired) electrons. The summed E-state index contributed by atoms with van der Waals surface area (Å²) in [5.74, 6) is 1.64. The highest BCUT2D eigenvalue weighted by molar-refractivity contribution is 6.33. The molecule has 0 spiro atoms. The van der Waals surface area contributed by atoms with Crippen molar-refractivity contribution in [3.63, 3.8) is 0 Å². The van der Waals surface area contributed by atoms with Gasteiger partial charge in [-0.1, -0.05) is 17.7 Å². The molecule has 2 aromatic rings. The summed E-state index contributed by atoms with van der Waals surface area (Å²) in [5.41, 5.74) is 1.53. The normalized spacial score (nSPS) is 16.2. The number of aryl methyl sites for hydroxylation is 1. The highest BCUT2D eigenvalue weighted by Gasteiger charge is 2.23. The van der Waals surface area contributed by atoms with Gasteiger partial charge in [-0.15, -0.1) is 0 Å². The second-order valence-corrected chi connectivity index (χ2v) is 6.13. The summed E-state index contributed by atoms with van der Waals surface area (Å²) in [6.45, 7) is 3.59. The fourth-order valence-corrected chi connectivity index (χ4v) is 3.05. The van der Waals surface area contributed by atoms with Gasteiger partial charge in [0.2, 0.25) is 0 Å². The molecule has 0 aliphatic carbocycles. The van der Waals surface area contributed by atoms with Gasteiger partial charge in [0.15, 0.2) is 0 Å². The van der Waals surface area contributed by atoms with Crippen molar-refractivity contribution in [2.45, 2.75) is 19.9 Å². The first kappa shape index (κ1) is 16.6. The van der Waals surface area contributed by atoms with Crippen LogP contribution < -0.4 is 14.8 Å². The second kappa shape index (κ2) is 7.13. The van der Waals surface area contributed by atoms with Crippen molar-refractivity contribution in [3.8, 4) is 11.5 Å². The van der Waals surface area contributed by atoms with E-state index in [0.29, 0.717) is 30.4 Å². The lowest BCUT2D eigenvalue weighted by Crippen LogP contribution is -2.35. The zero-order valence-corrected chi connectivity index (χ0v) is 14.5. The molecule has 0 saturated heterocycles. The molecular formula is C17H20ClN3O3. The van der Waals surface area contributed by atoms with Crippen molar-refractivity contribution in [1.29, 1.82) is 0 Å². The third kappa shape index (κ3) is 3.33. The van der Waals surface area contributed by atoms with Crippen molar-refractivity contribution < 1.29 is 14.3 Å². The Morgan fingerprint density at radius 1 is 1.54 bits per heavy atom. The summed E-state index contributed by atoms with van der Waals surface area (Å²) in [6.07, 6.45) is 2.34. The molecule has 6 nitrogen and oxygen atoms in total. The number of methoxy groups -OCH3 is 1. The van der Waals surface area contributed by atoms with Crippen LogP contribution >= 0.6 is 11.6 Å². The average molecular weight is 350 g/mol. The number of amides is 1. The van der Waals surface area contributed by atoms with E-state index in [2.05, 4.69) is 10.4 Å². The van der Waals surface area contributed by atoms with Gasteiger partial charge in [0, 0.05) is 25.1 Å². The van der Waals surface area contributed by atoms with Gasteiger partial charge >= 0.3 is 0 Å². The van der Waals surface area contributed by atoms with Gasteiger partial charge in [-0.25, -0.2) is 0 Å². The van der Waals surface area contributed by atoms with Crippen LogP contribution in [0.1, 0.15) is 23.0 Å². The molecular weight excluding hydrogens is 330 g/mol. The Hall–Kier alpha value is -2.21. The summed E-state index contributed by atoms with van der Waals surface area (Å²) in [6, 6.07) is 5.82. The Kier molecular flexibility index (Phi) is 4.94. The molecule has 0 bridgehead atoms. The average Bonchev–Trinajstić information content (AvgIpc) is 2.99. The van der Waals surface area contributed by atoms with E-state index in [0.717, 1.165) is 23.5 Å². The lowest BCUT2D eigenvalue weighted by atomic mass is 9.96. The van der Waals surface area contributed by atoms with E-state index in [1.807, 2.05) is 25.1 Å². The number of aromatic nitrogens is 2. The minimum Gasteiger partial charge on any atom is -0.497 e. The summed E-state index contributed by atoms with van der Waals surface area (Å²) >= 11 is 6.05. The first-order chi connectivity index (χ1) is 11.6. The molecule has 1 aromatic heterocycles. The monoisotopic (exact) mass is 349 g/mol. The van der Waals surface area contributed by atoms with Crippen LogP contribution in [0.4, 0.5) is 0 Å². The van der Waals surface area contributed by atoms with Crippen LogP contribution in [0.3, 0.4) is 0 Å². The van der Waals surface area contributed by atoms with Crippen LogP contribution in [-0.4, -0.2) is 35.9 Å². The summed E-state index contributed by atoms with van der Waals surface area (Å²) in [5, 5.41) is 7.39. The number of benzene rings is 1. The highest BCUT2D eigenvalue weighted by Crippen LogP contribution is 2.30. The zero-order chi connectivity index (χ0) is 17.1. The Balaban J connectivity index is 1.61. The Labute approximate surface area is 145 Å². The zero-order valence-electron chi connectivity index (χ0n) is 13.7. The molecule has 7 heteroatoms. The molecule has 24 heavy (non-hydrogen) atoms. The number of nitrogens with zero attached hydrogens (tertiary/aromatic N) is 2. The second-order valence-electron chi connectivity index (χ2n) is 5.72. The number of halogens is 1. The van der Waals surface area contributed by atoms with E-state index in [4.69, 9.17) is 21.1 Å². The smallest absolute Gasteiger partial charge is 0.271 e. The maximum atomic E-state index is 12.4. The van der Waals surface area contributed by atoms with Crippen LogP contribution in [0.2, 0.25) is 5.02 Å². The van der Waals surface area contributed by atoms with Crippen molar-refractivity contribution in [1.82, 2.24) is 15.1 Å². The molecule has 3 rings (SSSR count). The number of rotatable bonds is 5. The Bertz CT molecular complexity index is 745. The van der Waals surface area contributed by atoms with Gasteiger partial charge in [0.05, 0.1) is 24.9 Å². The quantitative estimate of drug-likeness (QED) is 0.901. The van der Waals surface area contributed by atoms with Crippen LogP contribution in [0.5, 0.6) is 11.5 Å². The molecule has 1 unspecified atom stereocenters. The molecule has 1 aromatic carbocycles. The predicted octanol–water partition coefficient (Wildman–Crippen LogP) is 2.55. The third-order valence-corrected chi connectivity index (χ3v) is 4.39. The molecule has 2 heterocycles. The lowest BCUT2D eigenvalue weighted by molar-refractivity contribution is 0.0928. The molecule has 1 N–H and O–H groups in total. The van der Waals surface area contributed by atoms with E-state index < -0.39 is 0 Å². The first-order valence-corrected chi connectivity index (χ1v) is 8.29. The van der Waals surface area contributed by atoms with E-state index in [1.165, 1.54) is 6.20 Å². The van der Waals surface area contributed by atoms with E-state index >= 15 is 0 Å².